The fraction of sp³-hybridized carbons (Fsp3) is 0.0435. The van der Waals surface area contributed by atoms with Gasteiger partial charge < -0.3 is 9.73 Å². The lowest BCUT2D eigenvalue weighted by Crippen LogP contribution is -2.13. The summed E-state index contributed by atoms with van der Waals surface area (Å²) in [7, 11) is 0. The summed E-state index contributed by atoms with van der Waals surface area (Å²) in [6.07, 6.45) is 0. The predicted octanol–water partition coefficient (Wildman–Crippen LogP) is 5.30. The van der Waals surface area contributed by atoms with E-state index in [-0.39, 0.29) is 16.7 Å². The number of rotatable bonds is 3. The molecule has 4 aromatic rings. The summed E-state index contributed by atoms with van der Waals surface area (Å²) < 4.78 is 32.8. The summed E-state index contributed by atoms with van der Waals surface area (Å²) in [6.45, 7) is 1.90. The fourth-order valence-corrected chi connectivity index (χ4v) is 2.99. The lowest BCUT2D eigenvalue weighted by atomic mass is 10.1. The Labute approximate surface area is 164 Å². The van der Waals surface area contributed by atoms with Gasteiger partial charge in [-0.15, -0.1) is 0 Å². The molecule has 4 rings (SSSR count). The van der Waals surface area contributed by atoms with Gasteiger partial charge in [0, 0.05) is 23.3 Å². The highest BCUT2D eigenvalue weighted by molar-refractivity contribution is 6.04. The number of amides is 1. The quantitative estimate of drug-likeness (QED) is 0.516. The zero-order chi connectivity index (χ0) is 20.5. The fourth-order valence-electron chi connectivity index (χ4n) is 2.99. The number of hydrogen-bond acceptors (Lipinski definition) is 3. The molecule has 1 heterocycles. The molecular formula is C23H15F2NO3. The van der Waals surface area contributed by atoms with Crippen LogP contribution in [0.15, 0.2) is 75.9 Å². The number of aryl methyl sites for hydroxylation is 1. The number of carbonyl (C=O) groups is 1. The lowest BCUT2D eigenvalue weighted by molar-refractivity contribution is 0.102. The van der Waals surface area contributed by atoms with Crippen molar-refractivity contribution in [2.45, 2.75) is 6.92 Å². The topological polar surface area (TPSA) is 59.3 Å². The van der Waals surface area contributed by atoms with Crippen molar-refractivity contribution in [1.82, 2.24) is 0 Å². The van der Waals surface area contributed by atoms with Gasteiger partial charge in [-0.25, -0.2) is 8.78 Å². The van der Waals surface area contributed by atoms with Gasteiger partial charge in [-0.05, 0) is 43.3 Å². The highest BCUT2D eigenvalue weighted by Gasteiger charge is 2.12. The molecule has 29 heavy (non-hydrogen) atoms. The SMILES string of the molecule is Cc1ccc2oc(-c3ccc(C(=O)Nc4cc(F)ccc4F)cc3)cc(=O)c2c1. The van der Waals surface area contributed by atoms with Crippen LogP contribution in [0.5, 0.6) is 0 Å². The first kappa shape index (κ1) is 18.6. The molecular weight excluding hydrogens is 376 g/mol. The Morgan fingerprint density at radius 3 is 2.45 bits per heavy atom. The smallest absolute Gasteiger partial charge is 0.255 e. The normalized spacial score (nSPS) is 10.9. The van der Waals surface area contributed by atoms with E-state index in [0.29, 0.717) is 22.3 Å². The Balaban J connectivity index is 1.61. The van der Waals surface area contributed by atoms with Crippen LogP contribution in [0.4, 0.5) is 14.5 Å². The van der Waals surface area contributed by atoms with E-state index in [0.717, 1.165) is 23.8 Å². The highest BCUT2D eigenvalue weighted by atomic mass is 19.1. The van der Waals surface area contributed by atoms with Gasteiger partial charge in [0.1, 0.15) is 23.0 Å². The Morgan fingerprint density at radius 1 is 0.931 bits per heavy atom. The third-order valence-electron chi connectivity index (χ3n) is 4.49. The van der Waals surface area contributed by atoms with Gasteiger partial charge in [0.05, 0.1) is 11.1 Å². The Hall–Kier alpha value is -3.80. The number of fused-ring (bicyclic) bond motifs is 1. The summed E-state index contributed by atoms with van der Waals surface area (Å²) in [5.41, 5.74) is 1.89. The van der Waals surface area contributed by atoms with Crippen molar-refractivity contribution in [2.75, 3.05) is 5.32 Å². The molecule has 3 aromatic carbocycles. The monoisotopic (exact) mass is 391 g/mol. The predicted molar refractivity (Wildman–Crippen MR) is 107 cm³/mol. The molecule has 0 radical (unpaired) electrons. The van der Waals surface area contributed by atoms with Gasteiger partial charge in [0.2, 0.25) is 0 Å². The van der Waals surface area contributed by atoms with Gasteiger partial charge in [0.25, 0.3) is 5.91 Å². The number of halogens is 2. The average Bonchev–Trinajstić information content (AvgIpc) is 2.71. The molecule has 1 aromatic heterocycles. The van der Waals surface area contributed by atoms with E-state index in [1.54, 1.807) is 24.3 Å². The Kier molecular flexibility index (Phi) is 4.68. The third kappa shape index (κ3) is 3.78. The van der Waals surface area contributed by atoms with E-state index in [1.807, 2.05) is 13.0 Å². The number of hydrogen-bond donors (Lipinski definition) is 1. The number of anilines is 1. The molecule has 4 nitrogen and oxygen atoms in total. The van der Waals surface area contributed by atoms with Gasteiger partial charge in [-0.1, -0.05) is 23.8 Å². The maximum absolute atomic E-state index is 13.7. The molecule has 0 fully saturated rings. The maximum Gasteiger partial charge on any atom is 0.255 e. The molecule has 0 aliphatic rings. The molecule has 0 aliphatic carbocycles. The Bertz CT molecular complexity index is 1290. The van der Waals surface area contributed by atoms with Crippen LogP contribution in [-0.2, 0) is 0 Å². The van der Waals surface area contributed by atoms with E-state index in [9.17, 15) is 18.4 Å². The van der Waals surface area contributed by atoms with Crippen LogP contribution in [-0.4, -0.2) is 5.91 Å². The molecule has 0 aliphatic heterocycles. The summed E-state index contributed by atoms with van der Waals surface area (Å²) in [6, 6.07) is 15.9. The van der Waals surface area contributed by atoms with Gasteiger partial charge in [-0.3, -0.25) is 9.59 Å². The highest BCUT2D eigenvalue weighted by Crippen LogP contribution is 2.24. The van der Waals surface area contributed by atoms with Crippen LogP contribution < -0.4 is 10.7 Å². The number of nitrogens with one attached hydrogen (secondary N) is 1. The molecule has 0 spiro atoms. The molecule has 0 bridgehead atoms. The van der Waals surface area contributed by atoms with E-state index in [1.165, 1.54) is 18.2 Å². The van der Waals surface area contributed by atoms with Gasteiger partial charge >= 0.3 is 0 Å². The second-order valence-electron chi connectivity index (χ2n) is 6.63. The second-order valence-corrected chi connectivity index (χ2v) is 6.63. The second kappa shape index (κ2) is 7.31. The molecule has 1 N–H and O–H groups in total. The van der Waals surface area contributed by atoms with Crippen molar-refractivity contribution >= 4 is 22.6 Å². The van der Waals surface area contributed by atoms with E-state index < -0.39 is 17.5 Å². The minimum Gasteiger partial charge on any atom is -0.456 e. The molecule has 0 saturated carbocycles. The van der Waals surface area contributed by atoms with Crippen LogP contribution in [0, 0.1) is 18.6 Å². The minimum atomic E-state index is -0.732. The number of carbonyl (C=O) groups excluding carboxylic acids is 1. The van der Waals surface area contributed by atoms with Gasteiger partial charge in [-0.2, -0.15) is 0 Å². The summed E-state index contributed by atoms with van der Waals surface area (Å²) in [5, 5.41) is 2.84. The number of benzene rings is 3. The van der Waals surface area contributed by atoms with Crippen LogP contribution >= 0.6 is 0 Å². The zero-order valence-electron chi connectivity index (χ0n) is 15.3. The zero-order valence-corrected chi connectivity index (χ0v) is 15.3. The molecule has 0 unspecified atom stereocenters. The molecule has 144 valence electrons. The lowest BCUT2D eigenvalue weighted by Gasteiger charge is -2.08. The first-order valence-corrected chi connectivity index (χ1v) is 8.82. The van der Waals surface area contributed by atoms with Crippen LogP contribution in [0.25, 0.3) is 22.3 Å². The standard InChI is InChI=1S/C23H15F2NO3/c1-13-2-9-21-17(10-13)20(27)12-22(29-21)14-3-5-15(6-4-14)23(28)26-19-11-16(24)7-8-18(19)25/h2-12H,1H3,(H,26,28). The van der Waals surface area contributed by atoms with E-state index in [2.05, 4.69) is 5.32 Å². The summed E-state index contributed by atoms with van der Waals surface area (Å²) in [5.74, 6) is -1.60. The third-order valence-corrected chi connectivity index (χ3v) is 4.49. The molecule has 1 amide bonds. The van der Waals surface area contributed by atoms with E-state index in [4.69, 9.17) is 4.42 Å². The Morgan fingerprint density at radius 2 is 1.69 bits per heavy atom. The van der Waals surface area contributed by atoms with Crippen molar-refractivity contribution in [3.05, 3.63) is 99.7 Å². The molecule has 0 saturated heterocycles. The molecule has 6 heteroatoms. The van der Waals surface area contributed by atoms with Gasteiger partial charge in [0.15, 0.2) is 5.43 Å². The first-order chi connectivity index (χ1) is 13.9. The van der Waals surface area contributed by atoms with Crippen LogP contribution in [0.1, 0.15) is 15.9 Å². The summed E-state index contributed by atoms with van der Waals surface area (Å²) in [4.78, 5) is 24.7. The van der Waals surface area contributed by atoms with Crippen molar-refractivity contribution in [3.8, 4) is 11.3 Å². The largest absolute Gasteiger partial charge is 0.456 e. The van der Waals surface area contributed by atoms with Crippen molar-refractivity contribution in [2.24, 2.45) is 0 Å². The van der Waals surface area contributed by atoms with Crippen molar-refractivity contribution in [3.63, 3.8) is 0 Å². The minimum absolute atomic E-state index is 0.159. The van der Waals surface area contributed by atoms with Crippen molar-refractivity contribution < 1.29 is 18.0 Å². The maximum atomic E-state index is 13.7. The van der Waals surface area contributed by atoms with Crippen LogP contribution in [0.3, 0.4) is 0 Å². The average molecular weight is 391 g/mol. The van der Waals surface area contributed by atoms with Crippen LogP contribution in [0.2, 0.25) is 0 Å². The molecule has 0 atom stereocenters. The van der Waals surface area contributed by atoms with Crippen molar-refractivity contribution in [1.29, 1.82) is 0 Å². The first-order valence-electron chi connectivity index (χ1n) is 8.82. The van der Waals surface area contributed by atoms with E-state index >= 15 is 0 Å². The summed E-state index contributed by atoms with van der Waals surface area (Å²) >= 11 is 0.